The average molecular weight is 405 g/mol. The lowest BCUT2D eigenvalue weighted by molar-refractivity contribution is -0.129. The predicted molar refractivity (Wildman–Crippen MR) is 113 cm³/mol. The van der Waals surface area contributed by atoms with Gasteiger partial charge in [0.2, 0.25) is 11.0 Å². The molecule has 1 aliphatic heterocycles. The number of nitrogens with one attached hydrogen (secondary N) is 1. The summed E-state index contributed by atoms with van der Waals surface area (Å²) in [5, 5.41) is 12.4. The fraction of sp³-hybridized carbons (Fsp3) is 0.550. The van der Waals surface area contributed by atoms with E-state index in [4.69, 9.17) is 0 Å². The van der Waals surface area contributed by atoms with Crippen molar-refractivity contribution < 1.29 is 4.79 Å². The number of thioether (sulfide) groups is 1. The molecule has 27 heavy (non-hydrogen) atoms. The Morgan fingerprint density at radius 3 is 2.70 bits per heavy atom. The molecule has 0 saturated carbocycles. The van der Waals surface area contributed by atoms with Crippen molar-refractivity contribution in [3.8, 4) is 0 Å². The van der Waals surface area contributed by atoms with Crippen LogP contribution in [0.4, 0.5) is 5.13 Å². The molecule has 0 aliphatic carbocycles. The van der Waals surface area contributed by atoms with Crippen LogP contribution in [-0.4, -0.2) is 46.4 Å². The third-order valence-electron chi connectivity index (χ3n) is 4.72. The van der Waals surface area contributed by atoms with Gasteiger partial charge in [0, 0.05) is 19.6 Å². The molecule has 1 saturated heterocycles. The van der Waals surface area contributed by atoms with Crippen molar-refractivity contribution in [3.63, 3.8) is 0 Å². The van der Waals surface area contributed by atoms with Gasteiger partial charge in [-0.1, -0.05) is 67.3 Å². The van der Waals surface area contributed by atoms with Crippen molar-refractivity contribution in [3.05, 3.63) is 35.9 Å². The fourth-order valence-electron chi connectivity index (χ4n) is 3.18. The van der Waals surface area contributed by atoms with E-state index in [-0.39, 0.29) is 5.91 Å². The summed E-state index contributed by atoms with van der Waals surface area (Å²) in [6, 6.07) is 10.6. The average Bonchev–Trinajstić information content (AvgIpc) is 3.14. The lowest BCUT2D eigenvalue weighted by Crippen LogP contribution is -2.39. The molecule has 1 N–H and O–H groups in total. The molecule has 0 bridgehead atoms. The van der Waals surface area contributed by atoms with Crippen molar-refractivity contribution in [2.45, 2.75) is 37.4 Å². The lowest BCUT2D eigenvalue weighted by Gasteiger charge is -2.32. The van der Waals surface area contributed by atoms with Crippen molar-refractivity contribution in [1.29, 1.82) is 0 Å². The second kappa shape index (κ2) is 10.1. The number of hydrogen-bond acceptors (Lipinski definition) is 6. The van der Waals surface area contributed by atoms with Gasteiger partial charge in [-0.2, -0.15) is 0 Å². The van der Waals surface area contributed by atoms with Gasteiger partial charge in [-0.15, -0.1) is 10.2 Å². The van der Waals surface area contributed by atoms with Crippen molar-refractivity contribution in [2.75, 3.05) is 30.7 Å². The van der Waals surface area contributed by atoms with Crippen LogP contribution < -0.4 is 5.32 Å². The highest BCUT2D eigenvalue weighted by atomic mass is 32.2. The van der Waals surface area contributed by atoms with E-state index >= 15 is 0 Å². The first kappa shape index (κ1) is 20.1. The summed E-state index contributed by atoms with van der Waals surface area (Å²) in [7, 11) is 0. The van der Waals surface area contributed by atoms with E-state index in [1.165, 1.54) is 28.7 Å². The second-order valence-corrected chi connectivity index (χ2v) is 9.65. The number of nitrogens with zero attached hydrogens (tertiary/aromatic N) is 3. The lowest BCUT2D eigenvalue weighted by atomic mass is 9.90. The van der Waals surface area contributed by atoms with Crippen LogP contribution in [0.3, 0.4) is 0 Å². The third kappa shape index (κ3) is 6.50. The van der Waals surface area contributed by atoms with Crippen LogP contribution in [0, 0.1) is 11.8 Å². The molecule has 0 radical (unpaired) electrons. The quantitative estimate of drug-likeness (QED) is 0.669. The maximum absolute atomic E-state index is 12.5. The normalized spacial score (nSPS) is 15.3. The molecule has 1 aliphatic rings. The first-order valence-corrected chi connectivity index (χ1v) is 11.4. The standard InChI is InChI=1S/C20H28N4OS2/c1-15(2)13-21-19-22-23-20(27-19)26-14-18(25)24-10-8-17(9-11-24)12-16-6-4-3-5-7-16/h3-7,15,17H,8-14H2,1-2H3,(H,21,22). The van der Waals surface area contributed by atoms with Gasteiger partial charge >= 0.3 is 0 Å². The Balaban J connectivity index is 1.38. The van der Waals surface area contributed by atoms with Crippen LogP contribution in [-0.2, 0) is 11.2 Å². The highest BCUT2D eigenvalue weighted by Crippen LogP contribution is 2.27. The number of carbonyl (C=O) groups excluding carboxylic acids is 1. The molecule has 0 atom stereocenters. The Kier molecular flexibility index (Phi) is 7.52. The highest BCUT2D eigenvalue weighted by molar-refractivity contribution is 8.01. The van der Waals surface area contributed by atoms with Gasteiger partial charge < -0.3 is 10.2 Å². The summed E-state index contributed by atoms with van der Waals surface area (Å²) in [5.41, 5.74) is 1.40. The van der Waals surface area contributed by atoms with E-state index in [0.29, 0.717) is 17.6 Å². The van der Waals surface area contributed by atoms with Gasteiger partial charge in [-0.05, 0) is 36.7 Å². The van der Waals surface area contributed by atoms with Crippen molar-refractivity contribution >= 4 is 34.1 Å². The molecule has 1 aromatic carbocycles. The Morgan fingerprint density at radius 1 is 1.26 bits per heavy atom. The minimum absolute atomic E-state index is 0.213. The van der Waals surface area contributed by atoms with E-state index in [9.17, 15) is 4.79 Å². The summed E-state index contributed by atoms with van der Waals surface area (Å²) in [4.78, 5) is 14.5. The first-order valence-electron chi connectivity index (χ1n) is 9.62. The summed E-state index contributed by atoms with van der Waals surface area (Å²) >= 11 is 3.02. The number of amides is 1. The van der Waals surface area contributed by atoms with Crippen molar-refractivity contribution in [1.82, 2.24) is 15.1 Å². The topological polar surface area (TPSA) is 58.1 Å². The largest absolute Gasteiger partial charge is 0.360 e. The van der Waals surface area contributed by atoms with Crippen LogP contribution in [0.25, 0.3) is 0 Å². The highest BCUT2D eigenvalue weighted by Gasteiger charge is 2.23. The van der Waals surface area contributed by atoms with E-state index in [1.54, 1.807) is 0 Å². The van der Waals surface area contributed by atoms with E-state index in [2.05, 4.69) is 59.7 Å². The SMILES string of the molecule is CC(C)CNc1nnc(SCC(=O)N2CCC(Cc3ccccc3)CC2)s1. The number of rotatable bonds is 8. The molecule has 0 spiro atoms. The minimum atomic E-state index is 0.213. The zero-order chi connectivity index (χ0) is 19.1. The summed E-state index contributed by atoms with van der Waals surface area (Å²) in [6.07, 6.45) is 3.30. The summed E-state index contributed by atoms with van der Waals surface area (Å²) in [5.74, 6) is 1.91. The molecule has 2 aromatic rings. The Bertz CT molecular complexity index is 712. The van der Waals surface area contributed by atoms with Gasteiger partial charge in [-0.3, -0.25) is 4.79 Å². The molecular formula is C20H28N4OS2. The van der Waals surface area contributed by atoms with Gasteiger partial charge in [0.05, 0.1) is 5.75 Å². The maximum Gasteiger partial charge on any atom is 0.233 e. The molecule has 1 fully saturated rings. The van der Waals surface area contributed by atoms with Gasteiger partial charge in [0.25, 0.3) is 0 Å². The molecule has 3 rings (SSSR count). The number of piperidine rings is 1. The number of likely N-dealkylation sites (tertiary alicyclic amines) is 1. The molecule has 0 unspecified atom stereocenters. The number of benzene rings is 1. The smallest absolute Gasteiger partial charge is 0.233 e. The Hall–Kier alpha value is -1.60. The number of hydrogen-bond donors (Lipinski definition) is 1. The van der Waals surface area contributed by atoms with Gasteiger partial charge in [0.1, 0.15) is 0 Å². The van der Waals surface area contributed by atoms with Crippen molar-refractivity contribution in [2.24, 2.45) is 11.8 Å². The molecule has 1 amide bonds. The maximum atomic E-state index is 12.5. The Morgan fingerprint density at radius 2 is 2.00 bits per heavy atom. The number of aromatic nitrogens is 2. The minimum Gasteiger partial charge on any atom is -0.360 e. The van der Waals surface area contributed by atoms with E-state index in [0.717, 1.165) is 48.4 Å². The number of anilines is 1. The summed E-state index contributed by atoms with van der Waals surface area (Å²) < 4.78 is 0.855. The Labute approximate surface area is 170 Å². The molecule has 2 heterocycles. The fourth-order valence-corrected chi connectivity index (χ4v) is 4.84. The third-order valence-corrected chi connectivity index (χ3v) is 6.72. The van der Waals surface area contributed by atoms with Crippen LogP contribution >= 0.6 is 23.1 Å². The molecular weight excluding hydrogens is 376 g/mol. The second-order valence-electron chi connectivity index (χ2n) is 7.45. The zero-order valence-electron chi connectivity index (χ0n) is 16.1. The van der Waals surface area contributed by atoms with Gasteiger partial charge in [-0.25, -0.2) is 0 Å². The zero-order valence-corrected chi connectivity index (χ0v) is 17.7. The predicted octanol–water partition coefficient (Wildman–Crippen LogP) is 4.18. The van der Waals surface area contributed by atoms with E-state index in [1.807, 2.05) is 4.90 Å². The first-order chi connectivity index (χ1) is 13.1. The molecule has 1 aromatic heterocycles. The van der Waals surface area contributed by atoms with Crippen LogP contribution in [0.5, 0.6) is 0 Å². The van der Waals surface area contributed by atoms with E-state index < -0.39 is 0 Å². The number of carbonyl (C=O) groups is 1. The molecule has 7 heteroatoms. The molecule has 146 valence electrons. The summed E-state index contributed by atoms with van der Waals surface area (Å²) in [6.45, 7) is 6.94. The van der Waals surface area contributed by atoms with Crippen LogP contribution in [0.15, 0.2) is 34.7 Å². The monoisotopic (exact) mass is 404 g/mol. The molecule has 5 nitrogen and oxygen atoms in total. The van der Waals surface area contributed by atoms with Crippen LogP contribution in [0.1, 0.15) is 32.3 Å². The van der Waals surface area contributed by atoms with Gasteiger partial charge in [0.15, 0.2) is 4.34 Å². The van der Waals surface area contributed by atoms with Crippen LogP contribution in [0.2, 0.25) is 0 Å².